The number of hydrogen-bond donors (Lipinski definition) is 0. The molecule has 0 aliphatic rings. The second-order valence-corrected chi connectivity index (χ2v) is 6.95. The Labute approximate surface area is 124 Å². The minimum Gasteiger partial charge on any atom is -0.266 e. The van der Waals surface area contributed by atoms with Gasteiger partial charge in [0.15, 0.2) is 0 Å². The van der Waals surface area contributed by atoms with E-state index in [-0.39, 0.29) is 11.5 Å². The molecule has 1 aromatic rings. The summed E-state index contributed by atoms with van der Waals surface area (Å²) < 4.78 is 28.7. The Morgan fingerprint density at radius 1 is 1.00 bits per heavy atom. The van der Waals surface area contributed by atoms with Gasteiger partial charge in [0.2, 0.25) is 0 Å². The molecule has 0 unspecified atom stereocenters. The fourth-order valence-electron chi connectivity index (χ4n) is 1.67. The summed E-state index contributed by atoms with van der Waals surface area (Å²) in [6, 6.07) is 6.72. The number of unbranched alkanes of at least 4 members (excludes halogenated alkanes) is 4. The summed E-state index contributed by atoms with van der Waals surface area (Å²) in [5, 5.41) is 1.03. The molecule has 3 nitrogen and oxygen atoms in total. The van der Waals surface area contributed by atoms with E-state index in [9.17, 15) is 8.42 Å². The van der Waals surface area contributed by atoms with Crippen molar-refractivity contribution < 1.29 is 12.6 Å². The monoisotopic (exact) mass is 348 g/mol. The Balaban J connectivity index is 2.29. The van der Waals surface area contributed by atoms with Crippen molar-refractivity contribution in [3.05, 3.63) is 29.8 Å². The number of alkyl halides is 1. The van der Waals surface area contributed by atoms with Crippen LogP contribution in [0, 0.1) is 6.92 Å². The minimum atomic E-state index is -3.58. The van der Waals surface area contributed by atoms with Crippen molar-refractivity contribution in [3.63, 3.8) is 0 Å². The van der Waals surface area contributed by atoms with Gasteiger partial charge >= 0.3 is 0 Å². The van der Waals surface area contributed by atoms with Crippen molar-refractivity contribution in [1.82, 2.24) is 0 Å². The van der Waals surface area contributed by atoms with Crippen LogP contribution in [0.15, 0.2) is 29.2 Å². The molecule has 5 heteroatoms. The van der Waals surface area contributed by atoms with Gasteiger partial charge in [0.25, 0.3) is 10.1 Å². The molecule has 0 spiro atoms. The predicted molar refractivity (Wildman–Crippen MR) is 81.2 cm³/mol. The number of halogens is 1. The minimum absolute atomic E-state index is 0.234. The molecule has 0 atom stereocenters. The normalized spacial score (nSPS) is 11.7. The number of aryl methyl sites for hydroxylation is 1. The standard InChI is InChI=1S/C14H21BrO3S/c1-13-7-9-14(10-8-13)19(16,17)18-12-6-4-2-3-5-11-15/h7-10H,2-6,11-12H2,1H3. The first-order valence-corrected chi connectivity index (χ1v) is 9.11. The first-order chi connectivity index (χ1) is 9.06. The highest BCUT2D eigenvalue weighted by Gasteiger charge is 2.13. The van der Waals surface area contributed by atoms with Crippen LogP contribution >= 0.6 is 15.9 Å². The van der Waals surface area contributed by atoms with Gasteiger partial charge in [-0.2, -0.15) is 8.42 Å². The molecule has 0 saturated heterocycles. The zero-order valence-corrected chi connectivity index (χ0v) is 13.7. The zero-order chi connectivity index (χ0) is 14.1. The Morgan fingerprint density at radius 2 is 1.58 bits per heavy atom. The summed E-state index contributed by atoms with van der Waals surface area (Å²) in [6.45, 7) is 2.19. The van der Waals surface area contributed by atoms with Crippen molar-refractivity contribution in [3.8, 4) is 0 Å². The molecule has 0 aliphatic carbocycles. The van der Waals surface area contributed by atoms with Gasteiger partial charge in [-0.15, -0.1) is 0 Å². The van der Waals surface area contributed by atoms with Crippen molar-refractivity contribution in [2.24, 2.45) is 0 Å². The molecule has 1 aromatic carbocycles. The molecule has 0 amide bonds. The second-order valence-electron chi connectivity index (χ2n) is 4.55. The molecule has 0 radical (unpaired) electrons. The highest BCUT2D eigenvalue weighted by Crippen LogP contribution is 2.14. The smallest absolute Gasteiger partial charge is 0.266 e. The number of rotatable bonds is 9. The van der Waals surface area contributed by atoms with E-state index in [0.29, 0.717) is 0 Å². The van der Waals surface area contributed by atoms with Gasteiger partial charge in [-0.05, 0) is 31.9 Å². The van der Waals surface area contributed by atoms with Crippen LogP contribution in [0.4, 0.5) is 0 Å². The van der Waals surface area contributed by atoms with Crippen molar-refractivity contribution in [2.75, 3.05) is 11.9 Å². The van der Waals surface area contributed by atoms with Crippen LogP contribution in [0.2, 0.25) is 0 Å². The summed E-state index contributed by atoms with van der Waals surface area (Å²) in [5.74, 6) is 0. The highest BCUT2D eigenvalue weighted by molar-refractivity contribution is 9.09. The Bertz CT molecular complexity index is 454. The molecular weight excluding hydrogens is 328 g/mol. The number of hydrogen-bond acceptors (Lipinski definition) is 3. The predicted octanol–water partition coefficient (Wildman–Crippen LogP) is 4.05. The Hall–Kier alpha value is -0.390. The Morgan fingerprint density at radius 3 is 2.21 bits per heavy atom. The van der Waals surface area contributed by atoms with Gasteiger partial charge in [0.1, 0.15) is 0 Å². The fourth-order valence-corrected chi connectivity index (χ4v) is 3.01. The van der Waals surface area contributed by atoms with Gasteiger partial charge in [-0.1, -0.05) is 52.9 Å². The molecule has 1 rings (SSSR count). The van der Waals surface area contributed by atoms with Crippen LogP contribution in [0.25, 0.3) is 0 Å². The molecule has 0 bridgehead atoms. The maximum Gasteiger partial charge on any atom is 0.296 e. The average Bonchev–Trinajstić information content (AvgIpc) is 2.38. The first kappa shape index (κ1) is 16.7. The lowest BCUT2D eigenvalue weighted by atomic mass is 10.2. The second kappa shape index (κ2) is 8.72. The maximum atomic E-state index is 11.9. The van der Waals surface area contributed by atoms with Crippen LogP contribution in [-0.4, -0.2) is 20.4 Å². The van der Waals surface area contributed by atoms with Gasteiger partial charge in [-0.3, -0.25) is 4.18 Å². The summed E-state index contributed by atoms with van der Waals surface area (Å²) >= 11 is 3.39. The van der Waals surface area contributed by atoms with Crippen LogP contribution in [-0.2, 0) is 14.3 Å². The molecule has 108 valence electrons. The van der Waals surface area contributed by atoms with Crippen molar-refractivity contribution in [1.29, 1.82) is 0 Å². The topological polar surface area (TPSA) is 43.4 Å². The lowest BCUT2D eigenvalue weighted by Crippen LogP contribution is -2.07. The largest absolute Gasteiger partial charge is 0.296 e. The van der Waals surface area contributed by atoms with Crippen molar-refractivity contribution in [2.45, 2.75) is 43.9 Å². The molecule has 0 saturated carbocycles. The fraction of sp³-hybridized carbons (Fsp3) is 0.571. The van der Waals surface area contributed by atoms with Gasteiger partial charge in [0.05, 0.1) is 11.5 Å². The number of benzene rings is 1. The maximum absolute atomic E-state index is 11.9. The van der Waals surface area contributed by atoms with Crippen LogP contribution in [0.3, 0.4) is 0 Å². The van der Waals surface area contributed by atoms with E-state index in [4.69, 9.17) is 4.18 Å². The van der Waals surface area contributed by atoms with E-state index in [0.717, 1.165) is 30.2 Å². The summed E-state index contributed by atoms with van der Waals surface area (Å²) in [6.07, 6.45) is 5.27. The third-order valence-corrected chi connectivity index (χ3v) is 4.71. The molecule has 0 heterocycles. The van der Waals surface area contributed by atoms with E-state index in [1.165, 1.54) is 12.8 Å². The first-order valence-electron chi connectivity index (χ1n) is 6.58. The van der Waals surface area contributed by atoms with E-state index < -0.39 is 10.1 Å². The van der Waals surface area contributed by atoms with E-state index in [2.05, 4.69) is 15.9 Å². The van der Waals surface area contributed by atoms with E-state index in [1.54, 1.807) is 24.3 Å². The molecule has 0 N–H and O–H groups in total. The lowest BCUT2D eigenvalue weighted by molar-refractivity contribution is 0.306. The van der Waals surface area contributed by atoms with Crippen LogP contribution in [0.5, 0.6) is 0 Å². The molecular formula is C14H21BrO3S. The van der Waals surface area contributed by atoms with Crippen LogP contribution in [0.1, 0.15) is 37.7 Å². The zero-order valence-electron chi connectivity index (χ0n) is 11.3. The molecule has 0 aliphatic heterocycles. The summed E-state index contributed by atoms with van der Waals surface area (Å²) in [7, 11) is -3.58. The third-order valence-electron chi connectivity index (χ3n) is 2.83. The van der Waals surface area contributed by atoms with Gasteiger partial charge < -0.3 is 0 Å². The Kier molecular flexibility index (Phi) is 7.64. The quantitative estimate of drug-likeness (QED) is 0.384. The highest BCUT2D eigenvalue weighted by atomic mass is 79.9. The average molecular weight is 349 g/mol. The summed E-state index contributed by atoms with van der Waals surface area (Å²) in [4.78, 5) is 0.234. The SMILES string of the molecule is Cc1ccc(S(=O)(=O)OCCCCCCCBr)cc1. The molecule has 0 fully saturated rings. The molecule has 19 heavy (non-hydrogen) atoms. The van der Waals surface area contributed by atoms with Crippen LogP contribution < -0.4 is 0 Å². The van der Waals surface area contributed by atoms with E-state index >= 15 is 0 Å². The molecule has 0 aromatic heterocycles. The van der Waals surface area contributed by atoms with Gasteiger partial charge in [-0.25, -0.2) is 0 Å². The summed E-state index contributed by atoms with van der Waals surface area (Å²) in [5.41, 5.74) is 1.03. The van der Waals surface area contributed by atoms with E-state index in [1.807, 2.05) is 6.92 Å². The van der Waals surface area contributed by atoms with Crippen molar-refractivity contribution >= 4 is 26.0 Å². The third kappa shape index (κ3) is 6.54. The van der Waals surface area contributed by atoms with Gasteiger partial charge in [0, 0.05) is 5.33 Å². The lowest BCUT2D eigenvalue weighted by Gasteiger charge is -2.06.